The summed E-state index contributed by atoms with van der Waals surface area (Å²) >= 11 is 7.34. The zero-order chi connectivity index (χ0) is 10.3. The van der Waals surface area contributed by atoms with E-state index < -0.39 is 5.82 Å². The summed E-state index contributed by atoms with van der Waals surface area (Å²) < 4.78 is 13.4. The zero-order valence-electron chi connectivity index (χ0n) is 7.27. The Balaban J connectivity index is 2.60. The van der Waals surface area contributed by atoms with Crippen molar-refractivity contribution in [2.75, 3.05) is 5.73 Å². The van der Waals surface area contributed by atoms with Gasteiger partial charge < -0.3 is 5.73 Å². The van der Waals surface area contributed by atoms with E-state index in [0.717, 1.165) is 5.56 Å². The lowest BCUT2D eigenvalue weighted by Crippen LogP contribution is -1.86. The van der Waals surface area contributed by atoms with Gasteiger partial charge in [-0.25, -0.2) is 4.39 Å². The Morgan fingerprint density at radius 3 is 2.79 bits per heavy atom. The van der Waals surface area contributed by atoms with Crippen molar-refractivity contribution in [1.82, 2.24) is 10.2 Å². The first-order valence-electron chi connectivity index (χ1n) is 3.84. The van der Waals surface area contributed by atoms with Crippen LogP contribution in [0.4, 0.5) is 10.2 Å². The van der Waals surface area contributed by atoms with Crippen LogP contribution in [0.1, 0.15) is 5.56 Å². The SMILES string of the molecule is Cc1csc(-c2[nH]nc(N)c2F)c1Cl. The first kappa shape index (κ1) is 9.48. The Kier molecular flexibility index (Phi) is 2.20. The van der Waals surface area contributed by atoms with Crippen LogP contribution < -0.4 is 5.73 Å². The fourth-order valence-electron chi connectivity index (χ4n) is 1.09. The number of nitrogens with one attached hydrogen (secondary N) is 1. The predicted molar refractivity (Wildman–Crippen MR) is 56.0 cm³/mol. The second-order valence-electron chi connectivity index (χ2n) is 2.86. The summed E-state index contributed by atoms with van der Waals surface area (Å²) in [7, 11) is 0. The molecule has 2 aromatic heterocycles. The summed E-state index contributed by atoms with van der Waals surface area (Å²) in [6.45, 7) is 1.86. The van der Waals surface area contributed by atoms with Crippen molar-refractivity contribution in [1.29, 1.82) is 0 Å². The van der Waals surface area contributed by atoms with E-state index in [4.69, 9.17) is 17.3 Å². The molecule has 0 spiro atoms. The zero-order valence-corrected chi connectivity index (χ0v) is 8.84. The second kappa shape index (κ2) is 3.25. The van der Waals surface area contributed by atoms with Gasteiger partial charge in [0.25, 0.3) is 0 Å². The van der Waals surface area contributed by atoms with Gasteiger partial charge in [0.15, 0.2) is 11.6 Å². The van der Waals surface area contributed by atoms with Gasteiger partial charge in [0.1, 0.15) is 5.69 Å². The molecule has 0 amide bonds. The molecule has 0 aromatic carbocycles. The van der Waals surface area contributed by atoms with Gasteiger partial charge in [0.2, 0.25) is 0 Å². The van der Waals surface area contributed by atoms with E-state index in [0.29, 0.717) is 9.90 Å². The van der Waals surface area contributed by atoms with E-state index >= 15 is 0 Å². The molecule has 0 atom stereocenters. The van der Waals surface area contributed by atoms with E-state index in [1.165, 1.54) is 11.3 Å². The number of rotatable bonds is 1. The van der Waals surface area contributed by atoms with Crippen molar-refractivity contribution < 1.29 is 4.39 Å². The van der Waals surface area contributed by atoms with E-state index in [1.54, 1.807) is 0 Å². The quantitative estimate of drug-likeness (QED) is 0.793. The van der Waals surface area contributed by atoms with Crippen LogP contribution in [-0.2, 0) is 0 Å². The number of thiophene rings is 1. The molecule has 3 N–H and O–H groups in total. The molecule has 0 fully saturated rings. The van der Waals surface area contributed by atoms with Crippen molar-refractivity contribution in [3.8, 4) is 10.6 Å². The minimum absolute atomic E-state index is 0.137. The Labute approximate surface area is 88.7 Å². The molecule has 0 aliphatic heterocycles. The van der Waals surface area contributed by atoms with Crippen LogP contribution in [0.3, 0.4) is 0 Å². The monoisotopic (exact) mass is 231 g/mol. The van der Waals surface area contributed by atoms with Crippen LogP contribution in [0.25, 0.3) is 10.6 Å². The first-order chi connectivity index (χ1) is 6.61. The summed E-state index contributed by atoms with van der Waals surface area (Å²) in [5, 5.41) is 8.48. The van der Waals surface area contributed by atoms with Crippen LogP contribution >= 0.6 is 22.9 Å². The van der Waals surface area contributed by atoms with Gasteiger partial charge in [-0.05, 0) is 17.9 Å². The predicted octanol–water partition coefficient (Wildman–Crippen LogP) is 2.82. The van der Waals surface area contributed by atoms with E-state index in [-0.39, 0.29) is 11.5 Å². The van der Waals surface area contributed by atoms with E-state index in [1.807, 2.05) is 12.3 Å². The smallest absolute Gasteiger partial charge is 0.193 e. The number of H-pyrrole nitrogens is 1. The Hall–Kier alpha value is -1.07. The van der Waals surface area contributed by atoms with Crippen molar-refractivity contribution >= 4 is 28.8 Å². The van der Waals surface area contributed by atoms with E-state index in [2.05, 4.69) is 10.2 Å². The molecule has 0 saturated heterocycles. The minimum atomic E-state index is -0.547. The summed E-state index contributed by atoms with van der Waals surface area (Å²) in [6.07, 6.45) is 0. The average molecular weight is 232 g/mol. The highest BCUT2D eigenvalue weighted by Crippen LogP contribution is 2.37. The summed E-state index contributed by atoms with van der Waals surface area (Å²) in [5.41, 5.74) is 6.45. The average Bonchev–Trinajstić information content (AvgIpc) is 2.63. The van der Waals surface area contributed by atoms with Gasteiger partial charge in [-0.1, -0.05) is 11.6 Å². The lowest BCUT2D eigenvalue weighted by molar-refractivity contribution is 0.637. The second-order valence-corrected chi connectivity index (χ2v) is 4.12. The maximum absolute atomic E-state index is 13.4. The molecule has 0 aliphatic carbocycles. The number of hydrogen-bond acceptors (Lipinski definition) is 3. The number of nitrogens with two attached hydrogens (primary N) is 1. The molecular formula is C8H7ClFN3S. The molecule has 74 valence electrons. The third-order valence-corrected chi connectivity index (χ3v) is 3.57. The minimum Gasteiger partial charge on any atom is -0.380 e. The first-order valence-corrected chi connectivity index (χ1v) is 5.10. The number of aryl methyl sites for hydroxylation is 1. The molecule has 0 bridgehead atoms. The van der Waals surface area contributed by atoms with Crippen molar-refractivity contribution in [3.05, 3.63) is 21.8 Å². The fourth-order valence-corrected chi connectivity index (χ4v) is 2.37. The lowest BCUT2D eigenvalue weighted by Gasteiger charge is -1.94. The molecule has 2 rings (SSSR count). The van der Waals surface area contributed by atoms with Crippen molar-refractivity contribution in [3.63, 3.8) is 0 Å². The molecule has 0 radical (unpaired) electrons. The van der Waals surface area contributed by atoms with Crippen molar-refractivity contribution in [2.45, 2.75) is 6.92 Å². The molecule has 2 heterocycles. The lowest BCUT2D eigenvalue weighted by atomic mass is 10.3. The molecule has 6 heteroatoms. The largest absolute Gasteiger partial charge is 0.380 e. The number of aromatic amines is 1. The maximum Gasteiger partial charge on any atom is 0.193 e. The highest BCUT2D eigenvalue weighted by molar-refractivity contribution is 7.14. The van der Waals surface area contributed by atoms with Crippen molar-refractivity contribution in [2.24, 2.45) is 0 Å². The number of nitrogen functional groups attached to an aromatic ring is 1. The highest BCUT2D eigenvalue weighted by Gasteiger charge is 2.17. The summed E-state index contributed by atoms with van der Waals surface area (Å²) in [5.74, 6) is -0.684. The van der Waals surface area contributed by atoms with Crippen LogP contribution in [0, 0.1) is 12.7 Å². The Bertz CT molecular complexity index is 433. The standard InChI is InChI=1S/C8H7ClFN3S/c1-3-2-14-7(4(3)9)6-5(10)8(11)13-12-6/h2H,1H3,(H3,11,12,13). The van der Waals surface area contributed by atoms with Gasteiger partial charge in [-0.3, -0.25) is 5.10 Å². The van der Waals surface area contributed by atoms with Gasteiger partial charge in [0.05, 0.1) is 9.90 Å². The normalized spacial score (nSPS) is 10.8. The summed E-state index contributed by atoms with van der Waals surface area (Å²) in [4.78, 5) is 0.630. The van der Waals surface area contributed by atoms with Gasteiger partial charge in [-0.2, -0.15) is 5.10 Å². The molecule has 0 unspecified atom stereocenters. The van der Waals surface area contributed by atoms with Gasteiger partial charge in [-0.15, -0.1) is 11.3 Å². The molecule has 14 heavy (non-hydrogen) atoms. The number of anilines is 1. The van der Waals surface area contributed by atoms with Crippen LogP contribution in [0.5, 0.6) is 0 Å². The number of aromatic nitrogens is 2. The topological polar surface area (TPSA) is 54.7 Å². The van der Waals surface area contributed by atoms with Crippen LogP contribution in [0.15, 0.2) is 5.38 Å². The van der Waals surface area contributed by atoms with Gasteiger partial charge in [0, 0.05) is 0 Å². The maximum atomic E-state index is 13.4. The third kappa shape index (κ3) is 1.29. The molecule has 0 aliphatic rings. The molecule has 2 aromatic rings. The van der Waals surface area contributed by atoms with E-state index in [9.17, 15) is 4.39 Å². The number of nitrogens with zero attached hydrogens (tertiary/aromatic N) is 1. The van der Waals surface area contributed by atoms with Crippen LogP contribution in [-0.4, -0.2) is 10.2 Å². The summed E-state index contributed by atoms with van der Waals surface area (Å²) in [6, 6.07) is 0. The third-order valence-electron chi connectivity index (χ3n) is 1.86. The number of halogens is 2. The van der Waals surface area contributed by atoms with Crippen LogP contribution in [0.2, 0.25) is 5.02 Å². The molecular weight excluding hydrogens is 225 g/mol. The van der Waals surface area contributed by atoms with Gasteiger partial charge >= 0.3 is 0 Å². The molecule has 0 saturated carbocycles. The number of hydrogen-bond donors (Lipinski definition) is 2. The fraction of sp³-hybridized carbons (Fsp3) is 0.125. The highest BCUT2D eigenvalue weighted by atomic mass is 35.5. The Morgan fingerprint density at radius 2 is 2.36 bits per heavy atom. The molecule has 3 nitrogen and oxygen atoms in total. The Morgan fingerprint density at radius 1 is 1.64 bits per heavy atom.